The molecular weight excluding hydrogens is 490 g/mol. The van der Waals surface area contributed by atoms with Crippen molar-refractivity contribution in [3.63, 3.8) is 0 Å². The predicted octanol–water partition coefficient (Wildman–Crippen LogP) is 6.47. The van der Waals surface area contributed by atoms with E-state index in [0.717, 1.165) is 10.3 Å². The summed E-state index contributed by atoms with van der Waals surface area (Å²) in [5.74, 6) is -0.0683. The fraction of sp³-hybridized carbons (Fsp3) is 0.941. The Kier molecular flexibility index (Phi) is 18.1. The van der Waals surface area contributed by atoms with Crippen molar-refractivity contribution in [2.45, 2.75) is 87.4 Å². The second-order valence-corrected chi connectivity index (χ2v) is 8.57. The van der Waals surface area contributed by atoms with Crippen molar-refractivity contribution in [1.82, 2.24) is 0 Å². The molecule has 0 aliphatic heterocycles. The Bertz CT molecular complexity index is 235. The van der Waals surface area contributed by atoms with Gasteiger partial charge in [0.25, 0.3) is 0 Å². The molecule has 126 valence electrons. The van der Waals surface area contributed by atoms with Gasteiger partial charge in [0.05, 0.1) is 7.11 Å². The van der Waals surface area contributed by atoms with E-state index in [0.29, 0.717) is 6.42 Å². The number of esters is 1. The standard InChI is InChI=1S/C17H32I2O2/c1-21-17(20)14-10-5-3-2-4-8-12-16(19)13-9-6-7-11-15-18/h16H,2-15H2,1H3/t16-/m0/s1. The second-order valence-electron chi connectivity index (χ2n) is 5.73. The Morgan fingerprint density at radius 2 is 1.33 bits per heavy atom. The van der Waals surface area contributed by atoms with Gasteiger partial charge in [0, 0.05) is 10.3 Å². The molecule has 0 fully saturated rings. The zero-order valence-electron chi connectivity index (χ0n) is 13.5. The number of halogens is 2. The lowest BCUT2D eigenvalue weighted by Gasteiger charge is -2.09. The minimum absolute atomic E-state index is 0.0683. The molecule has 0 aromatic heterocycles. The highest BCUT2D eigenvalue weighted by Gasteiger charge is 2.04. The van der Waals surface area contributed by atoms with Crippen LogP contribution in [0.3, 0.4) is 0 Å². The van der Waals surface area contributed by atoms with Gasteiger partial charge in [-0.05, 0) is 30.1 Å². The van der Waals surface area contributed by atoms with E-state index in [1.165, 1.54) is 82.2 Å². The average Bonchev–Trinajstić information content (AvgIpc) is 2.49. The number of unbranched alkanes of at least 4 members (excludes halogenated alkanes) is 8. The fourth-order valence-corrected chi connectivity index (χ4v) is 3.82. The summed E-state index contributed by atoms with van der Waals surface area (Å²) >= 11 is 5.10. The van der Waals surface area contributed by atoms with Crippen LogP contribution in [0.5, 0.6) is 0 Å². The van der Waals surface area contributed by atoms with Gasteiger partial charge in [-0.2, -0.15) is 0 Å². The zero-order valence-corrected chi connectivity index (χ0v) is 17.9. The van der Waals surface area contributed by atoms with Crippen molar-refractivity contribution in [3.05, 3.63) is 0 Å². The van der Waals surface area contributed by atoms with Gasteiger partial charge in [-0.1, -0.05) is 96.5 Å². The maximum Gasteiger partial charge on any atom is 0.305 e. The first-order valence-corrected chi connectivity index (χ1v) is 11.2. The Balaban J connectivity index is 3.17. The van der Waals surface area contributed by atoms with Crippen LogP contribution >= 0.6 is 45.2 Å². The molecule has 0 aromatic carbocycles. The Morgan fingerprint density at radius 3 is 1.86 bits per heavy atom. The molecule has 0 saturated heterocycles. The summed E-state index contributed by atoms with van der Waals surface area (Å²) in [5, 5.41) is 0. The molecule has 0 spiro atoms. The number of rotatable bonds is 15. The summed E-state index contributed by atoms with van der Waals surface area (Å²) < 4.78 is 6.82. The summed E-state index contributed by atoms with van der Waals surface area (Å²) in [6.45, 7) is 0. The maximum atomic E-state index is 10.9. The van der Waals surface area contributed by atoms with Crippen molar-refractivity contribution >= 4 is 51.2 Å². The van der Waals surface area contributed by atoms with Gasteiger partial charge >= 0.3 is 5.97 Å². The first-order valence-electron chi connectivity index (χ1n) is 8.47. The van der Waals surface area contributed by atoms with Crippen molar-refractivity contribution in [2.75, 3.05) is 11.5 Å². The number of ether oxygens (including phenoxy) is 1. The normalized spacial score (nSPS) is 12.3. The largest absolute Gasteiger partial charge is 0.469 e. The SMILES string of the molecule is COC(=O)CCCCCCCC[C@H](I)CCCCCCI. The number of methoxy groups -OCH3 is 1. The Labute approximate surface area is 158 Å². The van der Waals surface area contributed by atoms with Crippen LogP contribution < -0.4 is 0 Å². The van der Waals surface area contributed by atoms with Crippen LogP contribution in [0.4, 0.5) is 0 Å². The molecular formula is C17H32I2O2. The zero-order chi connectivity index (χ0) is 15.8. The molecule has 0 aromatic rings. The Hall–Kier alpha value is 0.930. The van der Waals surface area contributed by atoms with Crippen LogP contribution in [-0.4, -0.2) is 21.4 Å². The van der Waals surface area contributed by atoms with Crippen LogP contribution in [0.15, 0.2) is 0 Å². The quantitative estimate of drug-likeness (QED) is 0.107. The smallest absolute Gasteiger partial charge is 0.305 e. The van der Waals surface area contributed by atoms with E-state index in [-0.39, 0.29) is 5.97 Å². The molecule has 0 aliphatic carbocycles. The molecule has 0 amide bonds. The second kappa shape index (κ2) is 17.3. The highest BCUT2D eigenvalue weighted by Crippen LogP contribution is 2.19. The van der Waals surface area contributed by atoms with Crippen LogP contribution in [0.1, 0.15) is 83.5 Å². The summed E-state index contributed by atoms with van der Waals surface area (Å²) in [4.78, 5) is 10.9. The van der Waals surface area contributed by atoms with E-state index in [1.54, 1.807) is 0 Å². The molecule has 0 saturated carbocycles. The van der Waals surface area contributed by atoms with E-state index in [1.807, 2.05) is 0 Å². The molecule has 0 N–H and O–H groups in total. The minimum Gasteiger partial charge on any atom is -0.469 e. The number of carbonyl (C=O) groups excluding carboxylic acids is 1. The van der Waals surface area contributed by atoms with Gasteiger partial charge in [-0.25, -0.2) is 0 Å². The van der Waals surface area contributed by atoms with Gasteiger partial charge in [-0.15, -0.1) is 0 Å². The van der Waals surface area contributed by atoms with Crippen LogP contribution in [-0.2, 0) is 9.53 Å². The van der Waals surface area contributed by atoms with Crippen LogP contribution in [0, 0.1) is 0 Å². The molecule has 0 unspecified atom stereocenters. The summed E-state index contributed by atoms with van der Waals surface area (Å²) in [5.41, 5.74) is 0. The van der Waals surface area contributed by atoms with E-state index < -0.39 is 0 Å². The van der Waals surface area contributed by atoms with Crippen molar-refractivity contribution in [3.8, 4) is 0 Å². The van der Waals surface area contributed by atoms with Gasteiger partial charge in [0.1, 0.15) is 0 Å². The monoisotopic (exact) mass is 522 g/mol. The van der Waals surface area contributed by atoms with Gasteiger partial charge < -0.3 is 4.74 Å². The molecule has 0 heterocycles. The van der Waals surface area contributed by atoms with E-state index in [4.69, 9.17) is 0 Å². The topological polar surface area (TPSA) is 26.3 Å². The minimum atomic E-state index is -0.0683. The first-order chi connectivity index (χ1) is 10.2. The summed E-state index contributed by atoms with van der Waals surface area (Å²) in [6, 6.07) is 0. The van der Waals surface area contributed by atoms with E-state index in [2.05, 4.69) is 49.9 Å². The highest BCUT2D eigenvalue weighted by atomic mass is 127. The van der Waals surface area contributed by atoms with Crippen molar-refractivity contribution < 1.29 is 9.53 Å². The van der Waals surface area contributed by atoms with Crippen LogP contribution in [0.2, 0.25) is 0 Å². The maximum absolute atomic E-state index is 10.9. The number of hydrogen-bond acceptors (Lipinski definition) is 2. The molecule has 0 bridgehead atoms. The third-order valence-electron chi connectivity index (χ3n) is 3.78. The third-order valence-corrected chi connectivity index (χ3v) is 5.79. The average molecular weight is 522 g/mol. The number of carbonyl (C=O) groups is 1. The van der Waals surface area contributed by atoms with Crippen molar-refractivity contribution in [2.24, 2.45) is 0 Å². The van der Waals surface area contributed by atoms with Gasteiger partial charge in [-0.3, -0.25) is 4.79 Å². The summed E-state index contributed by atoms with van der Waals surface area (Å²) in [6.07, 6.45) is 16.5. The lowest BCUT2D eigenvalue weighted by atomic mass is 10.0. The third kappa shape index (κ3) is 17.1. The predicted molar refractivity (Wildman–Crippen MR) is 109 cm³/mol. The molecule has 2 nitrogen and oxygen atoms in total. The van der Waals surface area contributed by atoms with Gasteiger partial charge in [0.2, 0.25) is 0 Å². The van der Waals surface area contributed by atoms with Gasteiger partial charge in [0.15, 0.2) is 0 Å². The van der Waals surface area contributed by atoms with Crippen molar-refractivity contribution in [1.29, 1.82) is 0 Å². The van der Waals surface area contributed by atoms with E-state index >= 15 is 0 Å². The molecule has 4 heteroatoms. The lowest BCUT2D eigenvalue weighted by molar-refractivity contribution is -0.140. The van der Waals surface area contributed by atoms with Crippen LogP contribution in [0.25, 0.3) is 0 Å². The number of alkyl halides is 2. The fourth-order valence-electron chi connectivity index (χ4n) is 2.40. The molecule has 0 radical (unpaired) electrons. The molecule has 0 aliphatic rings. The Morgan fingerprint density at radius 1 is 0.857 bits per heavy atom. The molecule has 0 rings (SSSR count). The van der Waals surface area contributed by atoms with E-state index in [9.17, 15) is 4.79 Å². The molecule has 21 heavy (non-hydrogen) atoms. The summed E-state index contributed by atoms with van der Waals surface area (Å²) in [7, 11) is 1.46. The molecule has 1 atom stereocenters. The first kappa shape index (κ1) is 21.9. The lowest BCUT2D eigenvalue weighted by Crippen LogP contribution is -1.99. The highest BCUT2D eigenvalue weighted by molar-refractivity contribution is 14.1. The number of hydrogen-bond donors (Lipinski definition) is 0.